The van der Waals surface area contributed by atoms with E-state index in [1.54, 1.807) is 0 Å². The van der Waals surface area contributed by atoms with Crippen LogP contribution >= 0.6 is 23.2 Å². The first-order valence-electron chi connectivity index (χ1n) is 7.92. The van der Waals surface area contributed by atoms with Crippen LogP contribution in [0, 0.1) is 5.41 Å². The minimum atomic E-state index is 0.0746. The summed E-state index contributed by atoms with van der Waals surface area (Å²) in [5.74, 6) is 0.761. The first-order chi connectivity index (χ1) is 11.0. The molecule has 0 nitrogen and oxygen atoms in total. The van der Waals surface area contributed by atoms with E-state index in [0.29, 0.717) is 11.8 Å². The summed E-state index contributed by atoms with van der Waals surface area (Å²) in [7, 11) is 0. The third-order valence-corrected chi connectivity index (χ3v) is 5.78. The number of benzene rings is 2. The lowest BCUT2D eigenvalue weighted by molar-refractivity contribution is 0.292. The van der Waals surface area contributed by atoms with Crippen molar-refractivity contribution in [3.63, 3.8) is 0 Å². The van der Waals surface area contributed by atoms with Gasteiger partial charge in [0.2, 0.25) is 0 Å². The van der Waals surface area contributed by atoms with E-state index in [1.165, 1.54) is 22.3 Å². The third-order valence-electron chi connectivity index (χ3n) is 5.31. The minimum absolute atomic E-state index is 0.0746. The van der Waals surface area contributed by atoms with Crippen molar-refractivity contribution in [3.05, 3.63) is 80.8 Å². The quantitative estimate of drug-likeness (QED) is 0.555. The van der Waals surface area contributed by atoms with Gasteiger partial charge in [-0.3, -0.25) is 0 Å². The van der Waals surface area contributed by atoms with Gasteiger partial charge in [0.1, 0.15) is 0 Å². The summed E-state index contributed by atoms with van der Waals surface area (Å²) in [6.07, 6.45) is 9.05. The van der Waals surface area contributed by atoms with Crippen LogP contribution in [0.4, 0.5) is 0 Å². The average molecular weight is 341 g/mol. The van der Waals surface area contributed by atoms with Crippen LogP contribution in [0.5, 0.6) is 0 Å². The SMILES string of the molecule is CC(C)(C1C=Cc2cc(Cl)ccc21)C1C=Cc2cc(Cl)ccc21. The Morgan fingerprint density at radius 1 is 0.739 bits per heavy atom. The van der Waals surface area contributed by atoms with Gasteiger partial charge in [0.05, 0.1) is 0 Å². The second-order valence-corrected chi connectivity index (χ2v) is 7.91. The summed E-state index contributed by atoms with van der Waals surface area (Å²) in [5, 5.41) is 1.60. The molecule has 116 valence electrons. The molecule has 0 N–H and O–H groups in total. The summed E-state index contributed by atoms with van der Waals surface area (Å²) < 4.78 is 0. The number of halogens is 2. The highest BCUT2D eigenvalue weighted by molar-refractivity contribution is 6.31. The third kappa shape index (κ3) is 2.36. The molecular weight excluding hydrogens is 323 g/mol. The molecule has 2 aliphatic carbocycles. The van der Waals surface area contributed by atoms with Crippen LogP contribution < -0.4 is 0 Å². The predicted molar refractivity (Wildman–Crippen MR) is 100 cm³/mol. The van der Waals surface area contributed by atoms with Gasteiger partial charge in [-0.1, -0.05) is 73.5 Å². The predicted octanol–water partition coefficient (Wildman–Crippen LogP) is 6.94. The highest BCUT2D eigenvalue weighted by atomic mass is 35.5. The molecule has 0 saturated heterocycles. The summed E-state index contributed by atoms with van der Waals surface area (Å²) in [6.45, 7) is 4.70. The van der Waals surface area contributed by atoms with Gasteiger partial charge in [-0.15, -0.1) is 0 Å². The molecule has 0 aromatic heterocycles. The average Bonchev–Trinajstić information content (AvgIpc) is 3.10. The zero-order valence-corrected chi connectivity index (χ0v) is 14.7. The molecule has 0 bridgehead atoms. The molecule has 0 fully saturated rings. The summed E-state index contributed by atoms with van der Waals surface area (Å²) in [4.78, 5) is 0. The normalized spacial score (nSPS) is 21.6. The number of rotatable bonds is 2. The van der Waals surface area contributed by atoms with E-state index in [0.717, 1.165) is 10.0 Å². The lowest BCUT2D eigenvalue weighted by Gasteiger charge is -2.37. The van der Waals surface area contributed by atoms with Crippen LogP contribution in [0.15, 0.2) is 48.6 Å². The zero-order chi connectivity index (χ0) is 16.2. The largest absolute Gasteiger partial charge is 0.0843 e. The van der Waals surface area contributed by atoms with E-state index in [2.05, 4.69) is 62.4 Å². The smallest absolute Gasteiger partial charge is 0.0412 e. The summed E-state index contributed by atoms with van der Waals surface area (Å²) in [5.41, 5.74) is 5.30. The molecule has 0 amide bonds. The molecule has 0 radical (unpaired) electrons. The van der Waals surface area contributed by atoms with Crippen molar-refractivity contribution in [3.8, 4) is 0 Å². The number of hydrogen-bond acceptors (Lipinski definition) is 0. The Hall–Kier alpha value is -1.50. The van der Waals surface area contributed by atoms with Crippen LogP contribution in [-0.4, -0.2) is 0 Å². The van der Waals surface area contributed by atoms with E-state index in [1.807, 2.05) is 12.1 Å². The molecule has 0 saturated carbocycles. The Morgan fingerprint density at radius 3 is 1.61 bits per heavy atom. The topological polar surface area (TPSA) is 0 Å². The van der Waals surface area contributed by atoms with Gasteiger partial charge in [0.15, 0.2) is 0 Å². The maximum Gasteiger partial charge on any atom is 0.0412 e. The van der Waals surface area contributed by atoms with Crippen molar-refractivity contribution in [2.24, 2.45) is 5.41 Å². The van der Waals surface area contributed by atoms with Crippen LogP contribution in [0.2, 0.25) is 10.0 Å². The zero-order valence-electron chi connectivity index (χ0n) is 13.2. The fourth-order valence-corrected chi connectivity index (χ4v) is 4.41. The monoisotopic (exact) mass is 340 g/mol. The minimum Gasteiger partial charge on any atom is -0.0843 e. The van der Waals surface area contributed by atoms with Gasteiger partial charge in [0, 0.05) is 21.9 Å². The number of fused-ring (bicyclic) bond motifs is 2. The molecule has 0 spiro atoms. The molecule has 0 heterocycles. The molecule has 2 aliphatic rings. The van der Waals surface area contributed by atoms with Gasteiger partial charge < -0.3 is 0 Å². The van der Waals surface area contributed by atoms with Crippen molar-refractivity contribution in [2.45, 2.75) is 25.7 Å². The Kier molecular flexibility index (Phi) is 3.44. The molecule has 4 rings (SSSR count). The molecule has 2 unspecified atom stereocenters. The molecule has 2 heteroatoms. The van der Waals surface area contributed by atoms with Crippen LogP contribution in [0.1, 0.15) is 47.9 Å². The van der Waals surface area contributed by atoms with Crippen molar-refractivity contribution in [1.29, 1.82) is 0 Å². The first-order valence-corrected chi connectivity index (χ1v) is 8.68. The molecular formula is C21H18Cl2. The van der Waals surface area contributed by atoms with E-state index in [-0.39, 0.29) is 5.41 Å². The highest BCUT2D eigenvalue weighted by Gasteiger charge is 2.40. The molecule has 2 atom stereocenters. The Labute approximate surface area is 147 Å². The Balaban J connectivity index is 1.74. The van der Waals surface area contributed by atoms with E-state index in [9.17, 15) is 0 Å². The summed E-state index contributed by atoms with van der Waals surface area (Å²) in [6, 6.07) is 12.4. The standard InChI is InChI=1S/C21H18Cl2/c1-21(2,19-9-3-13-11-15(22)5-7-17(13)19)20-10-4-14-12-16(23)6-8-18(14)20/h3-12,19-20H,1-2H3. The number of hydrogen-bond donors (Lipinski definition) is 0. The van der Waals surface area contributed by atoms with E-state index in [4.69, 9.17) is 23.2 Å². The maximum atomic E-state index is 6.14. The maximum absolute atomic E-state index is 6.14. The molecule has 2 aromatic rings. The van der Waals surface area contributed by atoms with E-state index < -0.39 is 0 Å². The van der Waals surface area contributed by atoms with Crippen molar-refractivity contribution in [1.82, 2.24) is 0 Å². The lowest BCUT2D eigenvalue weighted by Crippen LogP contribution is -2.26. The van der Waals surface area contributed by atoms with Gasteiger partial charge in [-0.2, -0.15) is 0 Å². The Bertz CT molecular complexity index is 773. The van der Waals surface area contributed by atoms with Crippen molar-refractivity contribution in [2.75, 3.05) is 0 Å². The van der Waals surface area contributed by atoms with Crippen LogP contribution in [0.3, 0.4) is 0 Å². The second kappa shape index (κ2) is 5.26. The molecule has 0 aliphatic heterocycles. The van der Waals surface area contributed by atoms with Crippen molar-refractivity contribution >= 4 is 35.4 Å². The van der Waals surface area contributed by atoms with E-state index >= 15 is 0 Å². The number of allylic oxidation sites excluding steroid dienone is 2. The van der Waals surface area contributed by atoms with Crippen LogP contribution in [-0.2, 0) is 0 Å². The van der Waals surface area contributed by atoms with Gasteiger partial charge in [0.25, 0.3) is 0 Å². The Morgan fingerprint density at radius 2 is 1.17 bits per heavy atom. The van der Waals surface area contributed by atoms with Gasteiger partial charge in [-0.25, -0.2) is 0 Å². The van der Waals surface area contributed by atoms with Crippen LogP contribution in [0.25, 0.3) is 12.2 Å². The van der Waals surface area contributed by atoms with Gasteiger partial charge >= 0.3 is 0 Å². The summed E-state index contributed by atoms with van der Waals surface area (Å²) >= 11 is 12.3. The second-order valence-electron chi connectivity index (χ2n) is 7.04. The fourth-order valence-electron chi connectivity index (χ4n) is 4.04. The highest BCUT2D eigenvalue weighted by Crippen LogP contribution is 2.53. The lowest BCUT2D eigenvalue weighted by atomic mass is 9.66. The van der Waals surface area contributed by atoms with Gasteiger partial charge in [-0.05, 0) is 51.9 Å². The fraction of sp³-hybridized carbons (Fsp3) is 0.238. The van der Waals surface area contributed by atoms with Crippen molar-refractivity contribution < 1.29 is 0 Å². The molecule has 2 aromatic carbocycles. The molecule has 23 heavy (non-hydrogen) atoms. The first kappa shape index (κ1) is 15.1.